The number of thioether (sulfide) groups is 1. The first kappa shape index (κ1) is 29.4. The van der Waals surface area contributed by atoms with Crippen LogP contribution in [0.25, 0.3) is 11.5 Å². The van der Waals surface area contributed by atoms with Gasteiger partial charge in [-0.2, -0.15) is 0 Å². The van der Waals surface area contributed by atoms with Gasteiger partial charge < -0.3 is 5.32 Å². The first-order valence-corrected chi connectivity index (χ1v) is 13.7. The Balaban J connectivity index is 0.00000195. The van der Waals surface area contributed by atoms with Gasteiger partial charge in [0.25, 0.3) is 0 Å². The third kappa shape index (κ3) is 7.70. The van der Waals surface area contributed by atoms with E-state index in [1.807, 2.05) is 54.8 Å². The van der Waals surface area contributed by atoms with Crippen molar-refractivity contribution in [1.29, 1.82) is 0 Å². The summed E-state index contributed by atoms with van der Waals surface area (Å²) in [6.45, 7) is 12.0. The van der Waals surface area contributed by atoms with E-state index < -0.39 is 12.5 Å². The van der Waals surface area contributed by atoms with Gasteiger partial charge in [0.05, 0.1) is 23.4 Å². The van der Waals surface area contributed by atoms with E-state index in [2.05, 4.69) is 38.5 Å². The lowest BCUT2D eigenvalue weighted by Crippen LogP contribution is -2.29. The van der Waals surface area contributed by atoms with E-state index in [0.29, 0.717) is 23.8 Å². The van der Waals surface area contributed by atoms with Gasteiger partial charge >= 0.3 is 6.36 Å². The monoisotopic (exact) mass is 545 g/mol. The predicted octanol–water partition coefficient (Wildman–Crippen LogP) is 7.93. The Morgan fingerprint density at radius 2 is 2.03 bits per heavy atom. The Morgan fingerprint density at radius 1 is 1.29 bits per heavy atom. The lowest BCUT2D eigenvalue weighted by Gasteiger charge is -2.26. The number of aromatic nitrogens is 3. The lowest BCUT2D eigenvalue weighted by atomic mass is 9.90. The molecule has 3 aromatic rings. The van der Waals surface area contributed by atoms with Gasteiger partial charge in [-0.1, -0.05) is 57.3 Å². The molecule has 0 saturated heterocycles. The molecule has 0 amide bonds. The highest BCUT2D eigenvalue weighted by atomic mass is 32.2. The molecule has 6 nitrogen and oxygen atoms in total. The number of aryl methyl sites for hydroxylation is 1. The zero-order valence-electron chi connectivity index (χ0n) is 22.2. The average molecular weight is 546 g/mol. The molecule has 2 aromatic heterocycles. The minimum absolute atomic E-state index is 0.185. The Labute approximate surface area is 226 Å². The SMILES string of the molecule is C=C(N=C1CCC(OC(F)(F)F)C/C1=C/C)c1ccc(NCSc2c(CC)nc3ncccn23)cc1.CC. The molecule has 1 aromatic carbocycles. The lowest BCUT2D eigenvalue weighted by molar-refractivity contribution is -0.343. The second-order valence-corrected chi connectivity index (χ2v) is 9.26. The molecular weight excluding hydrogens is 511 g/mol. The van der Waals surface area contributed by atoms with Crippen LogP contribution in [0.5, 0.6) is 0 Å². The van der Waals surface area contributed by atoms with Crippen molar-refractivity contribution < 1.29 is 17.9 Å². The van der Waals surface area contributed by atoms with Gasteiger partial charge in [-0.05, 0) is 55.5 Å². The molecule has 2 heterocycles. The van der Waals surface area contributed by atoms with Crippen molar-refractivity contribution in [3.05, 3.63) is 72.2 Å². The highest BCUT2D eigenvalue weighted by Gasteiger charge is 2.35. The van der Waals surface area contributed by atoms with Crippen molar-refractivity contribution in [2.45, 2.75) is 70.9 Å². The van der Waals surface area contributed by atoms with Crippen LogP contribution in [0, 0.1) is 0 Å². The van der Waals surface area contributed by atoms with Gasteiger partial charge in [-0.25, -0.2) is 9.97 Å². The van der Waals surface area contributed by atoms with Crippen LogP contribution in [0.3, 0.4) is 0 Å². The molecule has 0 bridgehead atoms. The molecule has 0 aliphatic heterocycles. The molecule has 4 rings (SSSR count). The van der Waals surface area contributed by atoms with E-state index in [4.69, 9.17) is 0 Å². The number of allylic oxidation sites excluding steroid dienone is 1. The van der Waals surface area contributed by atoms with Crippen LogP contribution in [-0.4, -0.2) is 38.4 Å². The number of ether oxygens (including phenoxy) is 1. The Hall–Kier alpha value is -3.11. The van der Waals surface area contributed by atoms with Gasteiger partial charge in [0, 0.05) is 30.2 Å². The number of aliphatic imine (C=N–C) groups is 1. The Bertz CT molecular complexity index is 1280. The first-order valence-electron chi connectivity index (χ1n) is 12.7. The molecule has 10 heteroatoms. The number of rotatable bonds is 8. The molecule has 204 valence electrons. The molecule has 1 fully saturated rings. The third-order valence-corrected chi connectivity index (χ3v) is 6.90. The quantitative estimate of drug-likeness (QED) is 0.230. The third-order valence-electron chi connectivity index (χ3n) is 5.91. The van der Waals surface area contributed by atoms with Crippen molar-refractivity contribution >= 4 is 34.6 Å². The van der Waals surface area contributed by atoms with Gasteiger partial charge in [-0.3, -0.25) is 14.1 Å². The van der Waals surface area contributed by atoms with Crippen LogP contribution in [0.2, 0.25) is 0 Å². The van der Waals surface area contributed by atoms with Gasteiger partial charge in [0.15, 0.2) is 0 Å². The fraction of sp³-hybridized carbons (Fsp3) is 0.393. The molecule has 0 radical (unpaired) electrons. The van der Waals surface area contributed by atoms with E-state index in [1.54, 1.807) is 31.0 Å². The molecule has 1 aliphatic carbocycles. The van der Waals surface area contributed by atoms with Crippen molar-refractivity contribution in [3.8, 4) is 0 Å². The summed E-state index contributed by atoms with van der Waals surface area (Å²) in [4.78, 5) is 13.5. The second kappa shape index (κ2) is 13.6. The smallest absolute Gasteiger partial charge is 0.376 e. The maximum Gasteiger partial charge on any atom is 0.522 e. The van der Waals surface area contributed by atoms with Crippen LogP contribution in [0.1, 0.15) is 58.2 Å². The molecule has 1 saturated carbocycles. The minimum Gasteiger partial charge on any atom is -0.376 e. The fourth-order valence-corrected chi connectivity index (χ4v) is 5.13. The number of hydrogen-bond acceptors (Lipinski definition) is 6. The molecule has 0 spiro atoms. The predicted molar refractivity (Wildman–Crippen MR) is 150 cm³/mol. The van der Waals surface area contributed by atoms with Crippen LogP contribution < -0.4 is 5.32 Å². The molecule has 1 unspecified atom stereocenters. The number of hydrogen-bond donors (Lipinski definition) is 1. The molecule has 38 heavy (non-hydrogen) atoms. The number of anilines is 1. The number of halogens is 3. The van der Waals surface area contributed by atoms with Crippen LogP contribution in [-0.2, 0) is 11.2 Å². The number of nitrogens with zero attached hydrogens (tertiary/aromatic N) is 4. The summed E-state index contributed by atoms with van der Waals surface area (Å²) >= 11 is 1.67. The Morgan fingerprint density at radius 3 is 2.68 bits per heavy atom. The van der Waals surface area contributed by atoms with Crippen LogP contribution in [0.15, 0.2) is 71.0 Å². The topological polar surface area (TPSA) is 63.8 Å². The summed E-state index contributed by atoms with van der Waals surface area (Å²) in [5.74, 6) is 1.35. The van der Waals surface area contributed by atoms with E-state index in [0.717, 1.165) is 39.7 Å². The number of benzene rings is 1. The second-order valence-electron chi connectivity index (χ2n) is 8.30. The molecule has 1 atom stereocenters. The molecular formula is C28H34F3N5OS. The van der Waals surface area contributed by atoms with Crippen molar-refractivity contribution in [2.24, 2.45) is 4.99 Å². The van der Waals surface area contributed by atoms with Crippen molar-refractivity contribution in [3.63, 3.8) is 0 Å². The zero-order valence-corrected chi connectivity index (χ0v) is 23.0. The first-order chi connectivity index (χ1) is 18.3. The fourth-order valence-electron chi connectivity index (χ4n) is 4.12. The zero-order chi connectivity index (χ0) is 27.7. The number of alkyl halides is 3. The summed E-state index contributed by atoms with van der Waals surface area (Å²) < 4.78 is 44.0. The largest absolute Gasteiger partial charge is 0.522 e. The van der Waals surface area contributed by atoms with Gasteiger partial charge in [0.1, 0.15) is 5.03 Å². The number of fused-ring (bicyclic) bond motifs is 1. The van der Waals surface area contributed by atoms with Crippen LogP contribution >= 0.6 is 11.8 Å². The summed E-state index contributed by atoms with van der Waals surface area (Å²) in [6.07, 6.45) is 1.69. The summed E-state index contributed by atoms with van der Waals surface area (Å²) in [5.41, 5.74) is 4.93. The number of nitrogens with one attached hydrogen (secondary N) is 1. The summed E-state index contributed by atoms with van der Waals surface area (Å²) in [7, 11) is 0. The number of imidazole rings is 1. The van der Waals surface area contributed by atoms with Crippen molar-refractivity contribution in [1.82, 2.24) is 14.4 Å². The van der Waals surface area contributed by atoms with Gasteiger partial charge in [0.2, 0.25) is 5.78 Å². The van der Waals surface area contributed by atoms with E-state index in [1.165, 1.54) is 0 Å². The normalized spacial score (nSPS) is 17.9. The maximum atomic E-state index is 12.6. The van der Waals surface area contributed by atoms with Gasteiger partial charge in [-0.15, -0.1) is 13.2 Å². The molecule has 1 aliphatic rings. The Kier molecular flexibility index (Phi) is 10.6. The highest BCUT2D eigenvalue weighted by Crippen LogP contribution is 2.31. The maximum absolute atomic E-state index is 12.6. The van der Waals surface area contributed by atoms with E-state index in [9.17, 15) is 13.2 Å². The minimum atomic E-state index is -4.63. The average Bonchev–Trinajstić information content (AvgIpc) is 3.28. The van der Waals surface area contributed by atoms with E-state index >= 15 is 0 Å². The van der Waals surface area contributed by atoms with Crippen LogP contribution in [0.4, 0.5) is 18.9 Å². The summed E-state index contributed by atoms with van der Waals surface area (Å²) in [6, 6.07) is 9.68. The van der Waals surface area contributed by atoms with E-state index in [-0.39, 0.29) is 12.8 Å². The van der Waals surface area contributed by atoms with Crippen molar-refractivity contribution in [2.75, 3.05) is 11.2 Å². The molecule has 1 N–H and O–H groups in total. The summed E-state index contributed by atoms with van der Waals surface area (Å²) in [5, 5.41) is 4.48. The standard InChI is InChI=1S/C26H28F3N5OS.C2H6/c1-4-18-15-21(35-26(27,28)29)11-12-23(18)32-17(3)19-7-9-20(10-8-19)31-16-36-24-22(5-2)33-25-30-13-6-14-34(24)25;1-2/h4,6-10,13-14,21,31H,3,5,11-12,15-16H2,1-2H3;1-2H3/b18-4-,32-23?;. The highest BCUT2D eigenvalue weighted by molar-refractivity contribution is 7.99.